The molecule has 2 aromatic carbocycles. The van der Waals surface area contributed by atoms with Gasteiger partial charge in [0.15, 0.2) is 0 Å². The lowest BCUT2D eigenvalue weighted by Gasteiger charge is -2.09. The summed E-state index contributed by atoms with van der Waals surface area (Å²) in [5, 5.41) is 2.06. The second-order valence-corrected chi connectivity index (χ2v) is 9.48. The van der Waals surface area contributed by atoms with Crippen molar-refractivity contribution >= 4 is 71.3 Å². The number of fused-ring (bicyclic) bond motifs is 1. The molecule has 1 aromatic heterocycles. The van der Waals surface area contributed by atoms with Gasteiger partial charge in [0.25, 0.3) is 0 Å². The van der Waals surface area contributed by atoms with Crippen molar-refractivity contribution in [2.75, 3.05) is 0 Å². The molecule has 0 saturated heterocycles. The van der Waals surface area contributed by atoms with E-state index < -0.39 is 10.0 Å². The molecule has 0 aliphatic carbocycles. The van der Waals surface area contributed by atoms with Gasteiger partial charge in [-0.25, -0.2) is 13.1 Å². The number of rotatable bonds is 4. The predicted molar refractivity (Wildman–Crippen MR) is 100 cm³/mol. The Kier molecular flexibility index (Phi) is 5.01. The van der Waals surface area contributed by atoms with Gasteiger partial charge in [-0.15, -0.1) is 11.3 Å². The molecule has 0 spiro atoms. The second-order valence-electron chi connectivity index (χ2n) is 4.76. The van der Waals surface area contributed by atoms with Gasteiger partial charge < -0.3 is 0 Å². The third-order valence-electron chi connectivity index (χ3n) is 3.33. The first kappa shape index (κ1) is 17.2. The molecular weight excluding hydrogens is 441 g/mol. The molecule has 0 saturated carbocycles. The molecule has 1 N–H and O–H groups in total. The lowest BCUT2D eigenvalue weighted by atomic mass is 10.1. The van der Waals surface area contributed by atoms with Crippen molar-refractivity contribution < 1.29 is 8.42 Å². The van der Waals surface area contributed by atoms with Crippen molar-refractivity contribution in [2.24, 2.45) is 0 Å². The van der Waals surface area contributed by atoms with E-state index in [2.05, 4.69) is 20.7 Å². The van der Waals surface area contributed by atoms with Crippen LogP contribution in [-0.4, -0.2) is 8.42 Å². The minimum absolute atomic E-state index is 0.0191. The van der Waals surface area contributed by atoms with Gasteiger partial charge in [-0.1, -0.05) is 65.7 Å². The minimum Gasteiger partial charge on any atom is -0.207 e. The summed E-state index contributed by atoms with van der Waals surface area (Å²) >= 11 is 16.1. The number of hydrogen-bond donors (Lipinski definition) is 1. The average Bonchev–Trinajstić information content (AvgIpc) is 2.78. The molecule has 0 unspecified atom stereocenters. The first-order valence-electron chi connectivity index (χ1n) is 6.50. The standard InChI is InChI=1S/C15H10BrCl2NO2S2/c16-12-13(15(18)22-14(12)17)23(20,21)19-8-10-6-3-5-9-4-1-2-7-11(9)10/h1-7,19H,8H2. The van der Waals surface area contributed by atoms with Crippen LogP contribution in [0.5, 0.6) is 0 Å². The zero-order valence-electron chi connectivity index (χ0n) is 11.5. The molecule has 3 aromatic rings. The molecule has 23 heavy (non-hydrogen) atoms. The van der Waals surface area contributed by atoms with Gasteiger partial charge in [-0.2, -0.15) is 0 Å². The first-order valence-corrected chi connectivity index (χ1v) is 10.3. The summed E-state index contributed by atoms with van der Waals surface area (Å²) in [6, 6.07) is 13.6. The fourth-order valence-corrected chi connectivity index (χ4v) is 6.82. The summed E-state index contributed by atoms with van der Waals surface area (Å²) in [5.41, 5.74) is 0.889. The van der Waals surface area contributed by atoms with Crippen molar-refractivity contribution in [3.63, 3.8) is 0 Å². The first-order chi connectivity index (χ1) is 10.9. The molecule has 0 aliphatic heterocycles. The van der Waals surface area contributed by atoms with E-state index in [9.17, 15) is 8.42 Å². The van der Waals surface area contributed by atoms with E-state index in [0.29, 0.717) is 8.81 Å². The Morgan fingerprint density at radius 2 is 1.74 bits per heavy atom. The van der Waals surface area contributed by atoms with Crippen LogP contribution in [0.1, 0.15) is 5.56 Å². The van der Waals surface area contributed by atoms with Crippen LogP contribution in [0.2, 0.25) is 8.67 Å². The molecule has 0 radical (unpaired) electrons. The Labute approximate surface area is 156 Å². The molecule has 0 atom stereocenters. The van der Waals surface area contributed by atoms with Crippen LogP contribution in [0.4, 0.5) is 0 Å². The van der Waals surface area contributed by atoms with Gasteiger partial charge in [-0.05, 0) is 32.3 Å². The van der Waals surface area contributed by atoms with E-state index in [-0.39, 0.29) is 15.8 Å². The molecule has 1 heterocycles. The number of sulfonamides is 1. The lowest BCUT2D eigenvalue weighted by Crippen LogP contribution is -2.23. The predicted octanol–water partition coefficient (Wildman–Crippen LogP) is 5.45. The fourth-order valence-electron chi connectivity index (χ4n) is 2.26. The number of halogens is 3. The Morgan fingerprint density at radius 1 is 1.04 bits per heavy atom. The summed E-state index contributed by atoms with van der Waals surface area (Å²) in [7, 11) is -3.77. The summed E-state index contributed by atoms with van der Waals surface area (Å²) in [6.45, 7) is 0.167. The third-order valence-corrected chi connectivity index (χ3v) is 8.20. The lowest BCUT2D eigenvalue weighted by molar-refractivity contribution is 0.581. The summed E-state index contributed by atoms with van der Waals surface area (Å²) < 4.78 is 28.4. The maximum Gasteiger partial charge on any atom is 0.244 e. The van der Waals surface area contributed by atoms with Crippen LogP contribution in [0, 0.1) is 0 Å². The Balaban J connectivity index is 1.93. The zero-order chi connectivity index (χ0) is 16.6. The maximum absolute atomic E-state index is 12.5. The topological polar surface area (TPSA) is 46.2 Å². The summed E-state index contributed by atoms with van der Waals surface area (Å²) in [6.07, 6.45) is 0. The molecule has 3 nitrogen and oxygen atoms in total. The van der Waals surface area contributed by atoms with Gasteiger partial charge in [0, 0.05) is 6.54 Å². The van der Waals surface area contributed by atoms with Crippen molar-refractivity contribution in [2.45, 2.75) is 11.4 Å². The smallest absolute Gasteiger partial charge is 0.207 e. The average molecular weight is 451 g/mol. The molecule has 3 rings (SSSR count). The van der Waals surface area contributed by atoms with Gasteiger partial charge >= 0.3 is 0 Å². The number of nitrogens with one attached hydrogen (secondary N) is 1. The maximum atomic E-state index is 12.5. The largest absolute Gasteiger partial charge is 0.244 e. The van der Waals surface area contributed by atoms with Crippen LogP contribution in [0.25, 0.3) is 10.8 Å². The van der Waals surface area contributed by atoms with Gasteiger partial charge in [-0.3, -0.25) is 0 Å². The summed E-state index contributed by atoms with van der Waals surface area (Å²) in [4.78, 5) is -0.0191. The van der Waals surface area contributed by atoms with E-state index in [1.165, 1.54) is 0 Å². The van der Waals surface area contributed by atoms with E-state index in [0.717, 1.165) is 27.7 Å². The third kappa shape index (κ3) is 3.43. The van der Waals surface area contributed by atoms with Crippen LogP contribution in [0.3, 0.4) is 0 Å². The van der Waals surface area contributed by atoms with Crippen LogP contribution < -0.4 is 4.72 Å². The Morgan fingerprint density at radius 3 is 2.43 bits per heavy atom. The van der Waals surface area contributed by atoms with Crippen molar-refractivity contribution in [1.82, 2.24) is 4.72 Å². The molecule has 0 fully saturated rings. The van der Waals surface area contributed by atoms with Gasteiger partial charge in [0.2, 0.25) is 10.0 Å². The Hall–Kier alpha value is -0.630. The van der Waals surface area contributed by atoms with Gasteiger partial charge in [0.05, 0.1) is 4.47 Å². The summed E-state index contributed by atoms with van der Waals surface area (Å²) in [5.74, 6) is 0. The number of thiophene rings is 1. The number of benzene rings is 2. The van der Waals surface area contributed by atoms with Crippen LogP contribution in [0.15, 0.2) is 51.8 Å². The SMILES string of the molecule is O=S(=O)(NCc1cccc2ccccc12)c1c(Cl)sc(Cl)c1Br. The van der Waals surface area contributed by atoms with Crippen molar-refractivity contribution in [3.8, 4) is 0 Å². The highest BCUT2D eigenvalue weighted by molar-refractivity contribution is 9.10. The molecule has 0 amide bonds. The van der Waals surface area contributed by atoms with Crippen LogP contribution in [-0.2, 0) is 16.6 Å². The highest BCUT2D eigenvalue weighted by Gasteiger charge is 2.26. The molecule has 0 aliphatic rings. The van der Waals surface area contributed by atoms with Gasteiger partial charge in [0.1, 0.15) is 13.6 Å². The quantitative estimate of drug-likeness (QED) is 0.574. The van der Waals surface area contributed by atoms with E-state index in [4.69, 9.17) is 23.2 Å². The van der Waals surface area contributed by atoms with Crippen LogP contribution >= 0.6 is 50.5 Å². The monoisotopic (exact) mass is 449 g/mol. The highest BCUT2D eigenvalue weighted by atomic mass is 79.9. The zero-order valence-corrected chi connectivity index (χ0v) is 16.2. The molecule has 0 bridgehead atoms. The van der Waals surface area contributed by atoms with E-state index in [1.807, 2.05) is 42.5 Å². The normalized spacial score (nSPS) is 12.0. The molecular formula is C15H10BrCl2NO2S2. The fraction of sp³-hybridized carbons (Fsp3) is 0.0667. The van der Waals surface area contributed by atoms with E-state index >= 15 is 0 Å². The molecule has 8 heteroatoms. The van der Waals surface area contributed by atoms with Crippen molar-refractivity contribution in [3.05, 3.63) is 61.2 Å². The Bertz CT molecular complexity index is 981. The highest BCUT2D eigenvalue weighted by Crippen LogP contribution is 2.42. The van der Waals surface area contributed by atoms with E-state index in [1.54, 1.807) is 0 Å². The van der Waals surface area contributed by atoms with Crippen molar-refractivity contribution in [1.29, 1.82) is 0 Å². The second kappa shape index (κ2) is 6.70. The number of hydrogen-bond acceptors (Lipinski definition) is 3. The molecule has 120 valence electrons. The minimum atomic E-state index is -3.77.